The van der Waals surface area contributed by atoms with Crippen LogP contribution in [0, 0.1) is 0 Å². The molecule has 5 nitrogen and oxygen atoms in total. The minimum atomic E-state index is -1.08. The monoisotopic (exact) mass is 283 g/mol. The number of aliphatic hydroxyl groups is 1. The molecule has 20 heavy (non-hydrogen) atoms. The molecule has 0 saturated carbocycles. The summed E-state index contributed by atoms with van der Waals surface area (Å²) in [5.74, 6) is 0.814. The van der Waals surface area contributed by atoms with E-state index in [2.05, 4.69) is 0 Å². The summed E-state index contributed by atoms with van der Waals surface area (Å²) in [5.41, 5.74) is 0. The number of methoxy groups -OCH3 is 1. The Labute approximate surface area is 116 Å². The molecule has 2 atom stereocenters. The molecule has 1 amide bonds. The van der Waals surface area contributed by atoms with E-state index >= 15 is 0 Å². The average molecular weight is 283 g/mol. The van der Waals surface area contributed by atoms with Crippen LogP contribution in [0.4, 0.5) is 4.39 Å². The molecular formula is C14H18FNO4. The van der Waals surface area contributed by atoms with Crippen molar-refractivity contribution in [3.63, 3.8) is 0 Å². The third-order valence-corrected chi connectivity index (χ3v) is 3.30. The lowest BCUT2D eigenvalue weighted by Crippen LogP contribution is -2.40. The number of amides is 1. The standard InChI is InChI=1S/C14H18FNO4/c1-19-12-3-2-4-13(6-12)20-9-14(18)16-7-10(15)5-11(16)8-17/h2-4,6,10-11,17H,5,7-9H2,1H3/t10-,11-/m0/s1. The lowest BCUT2D eigenvalue weighted by Gasteiger charge is -2.22. The Balaban J connectivity index is 1.91. The quantitative estimate of drug-likeness (QED) is 0.876. The van der Waals surface area contributed by atoms with Gasteiger partial charge in [0.2, 0.25) is 0 Å². The molecular weight excluding hydrogens is 265 g/mol. The highest BCUT2D eigenvalue weighted by atomic mass is 19.1. The maximum Gasteiger partial charge on any atom is 0.260 e. The van der Waals surface area contributed by atoms with Crippen molar-refractivity contribution in [2.45, 2.75) is 18.6 Å². The van der Waals surface area contributed by atoms with Gasteiger partial charge in [-0.3, -0.25) is 4.79 Å². The Morgan fingerprint density at radius 2 is 2.25 bits per heavy atom. The average Bonchev–Trinajstić information content (AvgIpc) is 2.86. The number of nitrogens with zero attached hydrogens (tertiary/aromatic N) is 1. The molecule has 0 bridgehead atoms. The largest absolute Gasteiger partial charge is 0.497 e. The molecule has 0 unspecified atom stereocenters. The first-order valence-electron chi connectivity index (χ1n) is 6.45. The van der Waals surface area contributed by atoms with Crippen LogP contribution in [0.2, 0.25) is 0 Å². The van der Waals surface area contributed by atoms with Crippen molar-refractivity contribution in [2.24, 2.45) is 0 Å². The second-order valence-electron chi connectivity index (χ2n) is 4.68. The molecule has 0 aromatic heterocycles. The number of rotatable bonds is 5. The van der Waals surface area contributed by atoms with E-state index in [-0.39, 0.29) is 32.1 Å². The Morgan fingerprint density at radius 1 is 1.50 bits per heavy atom. The van der Waals surface area contributed by atoms with Gasteiger partial charge >= 0.3 is 0 Å². The second kappa shape index (κ2) is 6.56. The van der Waals surface area contributed by atoms with Gasteiger partial charge in [-0.25, -0.2) is 4.39 Å². The van der Waals surface area contributed by atoms with Gasteiger partial charge in [0, 0.05) is 12.5 Å². The van der Waals surface area contributed by atoms with Crippen LogP contribution in [-0.2, 0) is 4.79 Å². The molecule has 2 rings (SSSR count). The van der Waals surface area contributed by atoms with E-state index < -0.39 is 12.2 Å². The summed E-state index contributed by atoms with van der Waals surface area (Å²) >= 11 is 0. The number of benzene rings is 1. The Morgan fingerprint density at radius 3 is 2.95 bits per heavy atom. The van der Waals surface area contributed by atoms with Gasteiger partial charge < -0.3 is 19.5 Å². The number of alkyl halides is 1. The third kappa shape index (κ3) is 3.39. The molecule has 1 aromatic carbocycles. The zero-order chi connectivity index (χ0) is 14.5. The molecule has 1 aromatic rings. The topological polar surface area (TPSA) is 59.0 Å². The Kier molecular flexibility index (Phi) is 4.79. The Hall–Kier alpha value is -1.82. The molecule has 1 heterocycles. The van der Waals surface area contributed by atoms with Crippen LogP contribution in [0.25, 0.3) is 0 Å². The van der Waals surface area contributed by atoms with Gasteiger partial charge in [-0.15, -0.1) is 0 Å². The highest BCUT2D eigenvalue weighted by molar-refractivity contribution is 5.78. The molecule has 6 heteroatoms. The van der Waals surface area contributed by atoms with Crippen molar-refractivity contribution in [3.05, 3.63) is 24.3 Å². The summed E-state index contributed by atoms with van der Waals surface area (Å²) in [6, 6.07) is 6.44. The van der Waals surface area contributed by atoms with Crippen LogP contribution >= 0.6 is 0 Å². The number of carbonyl (C=O) groups excluding carboxylic acids is 1. The molecule has 1 N–H and O–H groups in total. The van der Waals surface area contributed by atoms with E-state index in [0.29, 0.717) is 11.5 Å². The second-order valence-corrected chi connectivity index (χ2v) is 4.68. The molecule has 1 saturated heterocycles. The van der Waals surface area contributed by atoms with Crippen LogP contribution in [0.3, 0.4) is 0 Å². The van der Waals surface area contributed by atoms with Crippen LogP contribution in [-0.4, -0.2) is 55.0 Å². The van der Waals surface area contributed by atoms with E-state index in [0.717, 1.165) is 0 Å². The van der Waals surface area contributed by atoms with Gasteiger partial charge in [-0.1, -0.05) is 6.07 Å². The van der Waals surface area contributed by atoms with Crippen LogP contribution in [0.5, 0.6) is 11.5 Å². The maximum atomic E-state index is 13.3. The van der Waals surface area contributed by atoms with Gasteiger partial charge in [-0.05, 0) is 12.1 Å². The number of aliphatic hydroxyl groups excluding tert-OH is 1. The van der Waals surface area contributed by atoms with Crippen molar-refractivity contribution >= 4 is 5.91 Å². The number of halogens is 1. The van der Waals surface area contributed by atoms with Gasteiger partial charge in [0.1, 0.15) is 17.7 Å². The molecule has 0 aliphatic carbocycles. The molecule has 1 aliphatic heterocycles. The Bertz CT molecular complexity index is 468. The molecule has 1 aliphatic rings. The summed E-state index contributed by atoms with van der Waals surface area (Å²) in [4.78, 5) is 13.3. The van der Waals surface area contributed by atoms with Gasteiger partial charge in [0.15, 0.2) is 6.61 Å². The molecule has 1 fully saturated rings. The molecule has 110 valence electrons. The van der Waals surface area contributed by atoms with Crippen molar-refractivity contribution in [1.82, 2.24) is 4.90 Å². The smallest absolute Gasteiger partial charge is 0.260 e. The summed E-state index contributed by atoms with van der Waals surface area (Å²) in [5, 5.41) is 9.14. The minimum Gasteiger partial charge on any atom is -0.497 e. The van der Waals surface area contributed by atoms with E-state index in [9.17, 15) is 9.18 Å². The first-order valence-corrected chi connectivity index (χ1v) is 6.45. The number of carbonyl (C=O) groups is 1. The number of ether oxygens (including phenoxy) is 2. The predicted octanol–water partition coefficient (Wildman–Crippen LogP) is 1.01. The lowest BCUT2D eigenvalue weighted by atomic mass is 10.2. The maximum absolute atomic E-state index is 13.3. The fourth-order valence-electron chi connectivity index (χ4n) is 2.26. The minimum absolute atomic E-state index is 0.0194. The van der Waals surface area contributed by atoms with Crippen LogP contribution in [0.1, 0.15) is 6.42 Å². The van der Waals surface area contributed by atoms with Gasteiger partial charge in [-0.2, -0.15) is 0 Å². The third-order valence-electron chi connectivity index (χ3n) is 3.30. The number of hydrogen-bond acceptors (Lipinski definition) is 4. The SMILES string of the molecule is COc1cccc(OCC(=O)N2C[C@@H](F)C[C@H]2CO)c1. The van der Waals surface area contributed by atoms with E-state index in [4.69, 9.17) is 14.6 Å². The summed E-state index contributed by atoms with van der Waals surface area (Å²) < 4.78 is 23.7. The van der Waals surface area contributed by atoms with Gasteiger partial charge in [0.25, 0.3) is 5.91 Å². The summed E-state index contributed by atoms with van der Waals surface area (Å²) in [6.45, 7) is -0.396. The summed E-state index contributed by atoms with van der Waals surface area (Å²) in [6.07, 6.45) is -0.894. The lowest BCUT2D eigenvalue weighted by molar-refractivity contribution is -0.135. The van der Waals surface area contributed by atoms with E-state index in [1.165, 1.54) is 4.90 Å². The first-order chi connectivity index (χ1) is 9.63. The summed E-state index contributed by atoms with van der Waals surface area (Å²) in [7, 11) is 1.54. The van der Waals surface area contributed by atoms with E-state index in [1.807, 2.05) is 0 Å². The van der Waals surface area contributed by atoms with Gasteiger partial charge in [0.05, 0.1) is 26.3 Å². The van der Waals surface area contributed by atoms with Crippen molar-refractivity contribution in [1.29, 1.82) is 0 Å². The molecule has 0 radical (unpaired) electrons. The van der Waals surface area contributed by atoms with Crippen LogP contribution in [0.15, 0.2) is 24.3 Å². The van der Waals surface area contributed by atoms with E-state index in [1.54, 1.807) is 31.4 Å². The zero-order valence-corrected chi connectivity index (χ0v) is 11.3. The first kappa shape index (κ1) is 14.6. The highest BCUT2D eigenvalue weighted by Gasteiger charge is 2.34. The van der Waals surface area contributed by atoms with Crippen molar-refractivity contribution < 1.29 is 23.8 Å². The fourth-order valence-corrected chi connectivity index (χ4v) is 2.26. The highest BCUT2D eigenvalue weighted by Crippen LogP contribution is 2.22. The van der Waals surface area contributed by atoms with Crippen molar-refractivity contribution in [3.8, 4) is 11.5 Å². The predicted molar refractivity (Wildman–Crippen MR) is 70.6 cm³/mol. The number of hydrogen-bond donors (Lipinski definition) is 1. The molecule has 0 spiro atoms. The van der Waals surface area contributed by atoms with Crippen LogP contribution < -0.4 is 9.47 Å². The fraction of sp³-hybridized carbons (Fsp3) is 0.500. The normalized spacial score (nSPS) is 21.9. The van der Waals surface area contributed by atoms with Crippen molar-refractivity contribution in [2.75, 3.05) is 26.9 Å². The number of likely N-dealkylation sites (tertiary alicyclic amines) is 1. The zero-order valence-electron chi connectivity index (χ0n) is 11.3.